The third-order valence-corrected chi connectivity index (χ3v) is 5.15. The van der Waals surface area contributed by atoms with Gasteiger partial charge in [0.05, 0.1) is 11.3 Å². The summed E-state index contributed by atoms with van der Waals surface area (Å²) in [5.41, 5.74) is 1.86. The van der Waals surface area contributed by atoms with Gasteiger partial charge in [0.15, 0.2) is 9.84 Å². The fraction of sp³-hybridized carbons (Fsp3) is 0.429. The van der Waals surface area contributed by atoms with Gasteiger partial charge in [0.2, 0.25) is 0 Å². The molecule has 5 heteroatoms. The molecule has 0 aliphatic rings. The van der Waals surface area contributed by atoms with E-state index in [0.29, 0.717) is 5.76 Å². The highest BCUT2D eigenvalue weighted by atomic mass is 32.2. The molecule has 0 aliphatic carbocycles. The van der Waals surface area contributed by atoms with Crippen LogP contribution in [0.2, 0.25) is 0 Å². The molecular formula is C14H19NO3S. The summed E-state index contributed by atoms with van der Waals surface area (Å²) in [5, 5.41) is 3.49. The van der Waals surface area contributed by atoms with Crippen molar-refractivity contribution in [1.82, 2.24) is 5.32 Å². The average molecular weight is 281 g/mol. The van der Waals surface area contributed by atoms with Gasteiger partial charge in [-0.15, -0.1) is 0 Å². The van der Waals surface area contributed by atoms with E-state index in [1.54, 1.807) is 14.0 Å². The normalized spacial score (nSPS) is 15.6. The van der Waals surface area contributed by atoms with E-state index in [-0.39, 0.29) is 6.04 Å². The van der Waals surface area contributed by atoms with Crippen molar-refractivity contribution in [2.75, 3.05) is 13.3 Å². The standard InChI is InChI=1S/C14H19NO3S/c1-9-6-5-7-11-8-12(18-14(9)11)13(15-3)10(2)19(4,16)17/h5-8,10,13,15H,1-4H3. The number of benzene rings is 1. The Hall–Kier alpha value is -1.33. The molecule has 0 bridgehead atoms. The first-order valence-corrected chi connectivity index (χ1v) is 8.15. The first kappa shape index (κ1) is 14.1. The Kier molecular flexibility index (Phi) is 3.69. The number of nitrogens with one attached hydrogen (secondary N) is 1. The zero-order valence-corrected chi connectivity index (χ0v) is 12.4. The van der Waals surface area contributed by atoms with Crippen molar-refractivity contribution in [2.45, 2.75) is 25.1 Å². The number of sulfone groups is 1. The van der Waals surface area contributed by atoms with Crippen LogP contribution in [0.25, 0.3) is 11.0 Å². The lowest BCUT2D eigenvalue weighted by molar-refractivity contribution is 0.438. The van der Waals surface area contributed by atoms with E-state index in [1.165, 1.54) is 6.26 Å². The van der Waals surface area contributed by atoms with Gasteiger partial charge >= 0.3 is 0 Å². The van der Waals surface area contributed by atoms with Crippen LogP contribution in [0.3, 0.4) is 0 Å². The summed E-state index contributed by atoms with van der Waals surface area (Å²) in [7, 11) is -1.39. The fourth-order valence-corrected chi connectivity index (χ4v) is 3.00. The lowest BCUT2D eigenvalue weighted by atomic mass is 10.1. The minimum Gasteiger partial charge on any atom is -0.459 e. The number of furan rings is 1. The average Bonchev–Trinajstić information content (AvgIpc) is 2.74. The summed E-state index contributed by atoms with van der Waals surface area (Å²) >= 11 is 0. The number of hydrogen-bond acceptors (Lipinski definition) is 4. The molecule has 0 aliphatic heterocycles. The van der Waals surface area contributed by atoms with Crippen LogP contribution in [0.15, 0.2) is 28.7 Å². The second kappa shape index (κ2) is 4.98. The Morgan fingerprint density at radius 2 is 2.00 bits per heavy atom. The van der Waals surface area contributed by atoms with E-state index in [2.05, 4.69) is 5.32 Å². The SMILES string of the molecule is CNC(c1cc2cccc(C)c2o1)C(C)S(C)(=O)=O. The van der Waals surface area contributed by atoms with Gasteiger partial charge in [-0.3, -0.25) is 0 Å². The Morgan fingerprint density at radius 1 is 1.32 bits per heavy atom. The third kappa shape index (κ3) is 2.67. The highest BCUT2D eigenvalue weighted by molar-refractivity contribution is 7.91. The number of rotatable bonds is 4. The molecule has 2 aromatic rings. The van der Waals surface area contributed by atoms with E-state index < -0.39 is 15.1 Å². The van der Waals surface area contributed by atoms with Crippen molar-refractivity contribution >= 4 is 20.8 Å². The first-order valence-electron chi connectivity index (χ1n) is 6.19. The zero-order valence-electron chi connectivity index (χ0n) is 11.6. The van der Waals surface area contributed by atoms with Gasteiger partial charge in [-0.05, 0) is 32.5 Å². The van der Waals surface area contributed by atoms with Crippen LogP contribution < -0.4 is 5.32 Å². The van der Waals surface area contributed by atoms with Gasteiger partial charge in [-0.2, -0.15) is 0 Å². The largest absolute Gasteiger partial charge is 0.459 e. The Labute approximate surface area is 113 Å². The monoisotopic (exact) mass is 281 g/mol. The first-order chi connectivity index (χ1) is 8.84. The van der Waals surface area contributed by atoms with E-state index in [9.17, 15) is 8.42 Å². The molecule has 2 atom stereocenters. The lowest BCUT2D eigenvalue weighted by Crippen LogP contribution is -2.32. The van der Waals surface area contributed by atoms with Gasteiger partial charge in [-0.25, -0.2) is 8.42 Å². The van der Waals surface area contributed by atoms with Gasteiger partial charge in [-0.1, -0.05) is 18.2 Å². The molecule has 1 aromatic carbocycles. The number of aryl methyl sites for hydroxylation is 1. The molecule has 0 spiro atoms. The highest BCUT2D eigenvalue weighted by Gasteiger charge is 2.28. The second-order valence-electron chi connectivity index (χ2n) is 4.94. The topological polar surface area (TPSA) is 59.3 Å². The van der Waals surface area contributed by atoms with Gasteiger partial charge < -0.3 is 9.73 Å². The number of para-hydroxylation sites is 1. The van der Waals surface area contributed by atoms with Gasteiger partial charge in [0, 0.05) is 11.6 Å². The summed E-state index contributed by atoms with van der Waals surface area (Å²) in [5.74, 6) is 0.657. The van der Waals surface area contributed by atoms with Crippen molar-refractivity contribution in [1.29, 1.82) is 0 Å². The van der Waals surface area contributed by atoms with Gasteiger partial charge in [0.25, 0.3) is 0 Å². The van der Waals surface area contributed by atoms with Crippen LogP contribution in [-0.2, 0) is 9.84 Å². The second-order valence-corrected chi connectivity index (χ2v) is 7.35. The molecule has 4 nitrogen and oxygen atoms in total. The molecule has 0 fully saturated rings. The van der Waals surface area contributed by atoms with E-state index in [4.69, 9.17) is 4.42 Å². The predicted octanol–water partition coefficient (Wildman–Crippen LogP) is 2.43. The van der Waals surface area contributed by atoms with Crippen molar-refractivity contribution < 1.29 is 12.8 Å². The summed E-state index contributed by atoms with van der Waals surface area (Å²) in [6.07, 6.45) is 1.25. The van der Waals surface area contributed by atoms with Crippen LogP contribution >= 0.6 is 0 Å². The van der Waals surface area contributed by atoms with Crippen LogP contribution in [-0.4, -0.2) is 27.0 Å². The molecule has 1 heterocycles. The summed E-state index contributed by atoms with van der Waals surface area (Å²) in [4.78, 5) is 0. The highest BCUT2D eigenvalue weighted by Crippen LogP contribution is 2.29. The molecule has 0 amide bonds. The summed E-state index contributed by atoms with van der Waals surface area (Å²) < 4.78 is 29.3. The lowest BCUT2D eigenvalue weighted by Gasteiger charge is -2.19. The molecule has 1 aromatic heterocycles. The minimum absolute atomic E-state index is 0.346. The Balaban J connectivity index is 2.50. The van der Waals surface area contributed by atoms with Crippen molar-refractivity contribution in [3.8, 4) is 0 Å². The number of fused-ring (bicyclic) bond motifs is 1. The maximum atomic E-state index is 11.7. The molecule has 0 radical (unpaired) electrons. The molecule has 2 unspecified atom stereocenters. The molecule has 19 heavy (non-hydrogen) atoms. The minimum atomic E-state index is -3.13. The maximum absolute atomic E-state index is 11.7. The number of hydrogen-bond donors (Lipinski definition) is 1. The smallest absolute Gasteiger partial charge is 0.152 e. The summed E-state index contributed by atoms with van der Waals surface area (Å²) in [6.45, 7) is 3.67. The molecule has 2 rings (SSSR count). The van der Waals surface area contributed by atoms with Crippen molar-refractivity contribution in [2.24, 2.45) is 0 Å². The Bertz CT molecular complexity index is 688. The quantitative estimate of drug-likeness (QED) is 0.935. The maximum Gasteiger partial charge on any atom is 0.152 e. The molecule has 0 saturated carbocycles. The van der Waals surface area contributed by atoms with E-state index in [0.717, 1.165) is 16.5 Å². The molecule has 0 saturated heterocycles. The van der Waals surface area contributed by atoms with Crippen LogP contribution in [0, 0.1) is 6.92 Å². The fourth-order valence-electron chi connectivity index (χ4n) is 2.24. The van der Waals surface area contributed by atoms with Crippen LogP contribution in [0.1, 0.15) is 24.3 Å². The van der Waals surface area contributed by atoms with E-state index >= 15 is 0 Å². The van der Waals surface area contributed by atoms with Crippen molar-refractivity contribution in [3.05, 3.63) is 35.6 Å². The zero-order chi connectivity index (χ0) is 14.2. The third-order valence-electron chi connectivity index (χ3n) is 3.52. The predicted molar refractivity (Wildman–Crippen MR) is 77.1 cm³/mol. The van der Waals surface area contributed by atoms with Gasteiger partial charge in [0.1, 0.15) is 11.3 Å². The summed E-state index contributed by atoms with van der Waals surface area (Å²) in [6, 6.07) is 7.47. The molecular weight excluding hydrogens is 262 g/mol. The van der Waals surface area contributed by atoms with Crippen LogP contribution in [0.4, 0.5) is 0 Å². The van der Waals surface area contributed by atoms with Crippen LogP contribution in [0.5, 0.6) is 0 Å². The van der Waals surface area contributed by atoms with Crippen molar-refractivity contribution in [3.63, 3.8) is 0 Å². The van der Waals surface area contributed by atoms with E-state index in [1.807, 2.05) is 31.2 Å². The molecule has 1 N–H and O–H groups in total. The molecule has 104 valence electrons. The Morgan fingerprint density at radius 3 is 2.53 bits per heavy atom.